The van der Waals surface area contributed by atoms with Gasteiger partial charge in [-0.1, -0.05) is 54.6 Å². The van der Waals surface area contributed by atoms with Gasteiger partial charge in [-0.2, -0.15) is 0 Å². The molecule has 0 aliphatic heterocycles. The van der Waals surface area contributed by atoms with Crippen LogP contribution >= 0.6 is 0 Å². The van der Waals surface area contributed by atoms with Gasteiger partial charge in [0.2, 0.25) is 0 Å². The maximum absolute atomic E-state index is 4.45. The Morgan fingerprint density at radius 2 is 1.40 bits per heavy atom. The topological polar surface area (TPSA) is 12.9 Å². The lowest BCUT2D eigenvalue weighted by molar-refractivity contribution is 0.932. The summed E-state index contributed by atoms with van der Waals surface area (Å²) < 4.78 is 0. The van der Waals surface area contributed by atoms with E-state index in [1.165, 1.54) is 33.4 Å². The zero-order valence-corrected chi connectivity index (χ0v) is 11.2. The minimum atomic E-state index is 1.08. The third kappa shape index (κ3) is 1.75. The molecule has 2 aromatic carbocycles. The first-order valence-electron chi connectivity index (χ1n) is 7.04. The highest BCUT2D eigenvalue weighted by Gasteiger charge is 2.19. The molecule has 0 unspecified atom stereocenters. The molecule has 1 aliphatic carbocycles. The highest BCUT2D eigenvalue weighted by Crippen LogP contribution is 2.39. The van der Waals surface area contributed by atoms with Crippen LogP contribution in [0.25, 0.3) is 22.3 Å². The number of rotatable bonds is 1. The Balaban J connectivity index is 2.01. The molecule has 0 amide bonds. The van der Waals surface area contributed by atoms with Crippen LogP contribution in [0.3, 0.4) is 0 Å². The molecule has 1 aromatic heterocycles. The Morgan fingerprint density at radius 3 is 2.30 bits per heavy atom. The fourth-order valence-electron chi connectivity index (χ4n) is 3.10. The van der Waals surface area contributed by atoms with E-state index in [1.807, 2.05) is 12.4 Å². The molecule has 0 saturated heterocycles. The lowest BCUT2D eigenvalue weighted by Gasteiger charge is -2.22. The molecule has 0 bridgehead atoms. The summed E-state index contributed by atoms with van der Waals surface area (Å²) in [6.45, 7) is 0. The number of aryl methyl sites for hydroxylation is 2. The Labute approximate surface area is 118 Å². The predicted molar refractivity (Wildman–Crippen MR) is 82.5 cm³/mol. The summed E-state index contributed by atoms with van der Waals surface area (Å²) in [4.78, 5) is 4.45. The van der Waals surface area contributed by atoms with Crippen LogP contribution in [0.5, 0.6) is 0 Å². The second-order valence-corrected chi connectivity index (χ2v) is 5.24. The molecule has 20 heavy (non-hydrogen) atoms. The average molecular weight is 257 g/mol. The minimum absolute atomic E-state index is 1.08. The molecule has 1 nitrogen and oxygen atoms in total. The number of aromatic nitrogens is 1. The van der Waals surface area contributed by atoms with Crippen LogP contribution in [0.4, 0.5) is 0 Å². The fourth-order valence-corrected chi connectivity index (χ4v) is 3.10. The van der Waals surface area contributed by atoms with Gasteiger partial charge in [-0.05, 0) is 40.7 Å². The van der Waals surface area contributed by atoms with Gasteiger partial charge in [0, 0.05) is 18.0 Å². The van der Waals surface area contributed by atoms with Crippen molar-refractivity contribution in [3.05, 3.63) is 78.1 Å². The van der Waals surface area contributed by atoms with E-state index in [-0.39, 0.29) is 0 Å². The zero-order chi connectivity index (χ0) is 13.4. The molecule has 4 rings (SSSR count). The Morgan fingerprint density at radius 1 is 0.650 bits per heavy atom. The normalized spacial score (nSPS) is 12.6. The summed E-state index contributed by atoms with van der Waals surface area (Å²) in [5.74, 6) is 0. The Kier molecular flexibility index (Phi) is 2.63. The van der Waals surface area contributed by atoms with Gasteiger partial charge in [-0.15, -0.1) is 0 Å². The van der Waals surface area contributed by atoms with E-state index >= 15 is 0 Å². The van der Waals surface area contributed by atoms with Crippen molar-refractivity contribution in [1.82, 2.24) is 4.98 Å². The lowest BCUT2D eigenvalue weighted by Crippen LogP contribution is -2.05. The van der Waals surface area contributed by atoms with Crippen LogP contribution in [0.1, 0.15) is 11.1 Å². The predicted octanol–water partition coefficient (Wildman–Crippen LogP) is 4.51. The van der Waals surface area contributed by atoms with E-state index in [1.54, 1.807) is 0 Å². The standard InChI is InChI=1S/C19H15N/c1-2-6-14(7-3-1)18-13-20-12-16-11-10-15-8-4-5-9-17(15)19(16)18/h1-9,12-13H,10-11H2. The van der Waals surface area contributed by atoms with Crippen molar-refractivity contribution in [2.24, 2.45) is 0 Å². The number of benzene rings is 2. The summed E-state index contributed by atoms with van der Waals surface area (Å²) in [6.07, 6.45) is 6.22. The van der Waals surface area contributed by atoms with E-state index in [0.717, 1.165) is 12.8 Å². The van der Waals surface area contributed by atoms with E-state index in [9.17, 15) is 0 Å². The first-order chi connectivity index (χ1) is 9.93. The number of pyridine rings is 1. The maximum atomic E-state index is 4.45. The first kappa shape index (κ1) is 11.4. The summed E-state index contributed by atoms with van der Waals surface area (Å²) in [5, 5.41) is 0. The molecule has 0 N–H and O–H groups in total. The molecule has 0 saturated carbocycles. The van der Waals surface area contributed by atoms with Crippen LogP contribution in [-0.2, 0) is 12.8 Å². The second kappa shape index (κ2) is 4.61. The van der Waals surface area contributed by atoms with Crippen molar-refractivity contribution in [2.45, 2.75) is 12.8 Å². The van der Waals surface area contributed by atoms with Gasteiger partial charge in [-0.3, -0.25) is 4.98 Å². The molecule has 0 atom stereocenters. The number of fused-ring (bicyclic) bond motifs is 3. The van der Waals surface area contributed by atoms with Gasteiger partial charge < -0.3 is 0 Å². The first-order valence-corrected chi connectivity index (χ1v) is 7.04. The van der Waals surface area contributed by atoms with Crippen molar-refractivity contribution in [3.8, 4) is 22.3 Å². The van der Waals surface area contributed by atoms with Crippen molar-refractivity contribution in [2.75, 3.05) is 0 Å². The zero-order valence-electron chi connectivity index (χ0n) is 11.2. The van der Waals surface area contributed by atoms with Gasteiger partial charge in [0.05, 0.1) is 0 Å². The molecule has 3 aromatic rings. The number of nitrogens with zero attached hydrogens (tertiary/aromatic N) is 1. The molecular formula is C19H15N. The maximum Gasteiger partial charge on any atom is 0.0352 e. The minimum Gasteiger partial charge on any atom is -0.264 e. The molecule has 0 radical (unpaired) electrons. The van der Waals surface area contributed by atoms with E-state index in [2.05, 4.69) is 59.6 Å². The molecule has 1 heterocycles. The van der Waals surface area contributed by atoms with Gasteiger partial charge in [-0.25, -0.2) is 0 Å². The van der Waals surface area contributed by atoms with Crippen molar-refractivity contribution >= 4 is 0 Å². The summed E-state index contributed by atoms with van der Waals surface area (Å²) in [5.41, 5.74) is 8.04. The second-order valence-electron chi connectivity index (χ2n) is 5.24. The number of hydrogen-bond acceptors (Lipinski definition) is 1. The third-order valence-corrected chi connectivity index (χ3v) is 4.06. The van der Waals surface area contributed by atoms with E-state index < -0.39 is 0 Å². The number of hydrogen-bond donors (Lipinski definition) is 0. The molecule has 1 heteroatoms. The monoisotopic (exact) mass is 257 g/mol. The summed E-state index contributed by atoms with van der Waals surface area (Å²) >= 11 is 0. The van der Waals surface area contributed by atoms with E-state index in [4.69, 9.17) is 0 Å². The van der Waals surface area contributed by atoms with Crippen molar-refractivity contribution in [1.29, 1.82) is 0 Å². The van der Waals surface area contributed by atoms with Crippen LogP contribution < -0.4 is 0 Å². The van der Waals surface area contributed by atoms with Crippen LogP contribution in [-0.4, -0.2) is 4.98 Å². The Hall–Kier alpha value is -2.41. The molecule has 1 aliphatic rings. The molecule has 0 spiro atoms. The quantitative estimate of drug-likeness (QED) is 0.625. The van der Waals surface area contributed by atoms with Gasteiger partial charge >= 0.3 is 0 Å². The van der Waals surface area contributed by atoms with Crippen molar-refractivity contribution in [3.63, 3.8) is 0 Å². The molecule has 96 valence electrons. The fraction of sp³-hybridized carbons (Fsp3) is 0.105. The van der Waals surface area contributed by atoms with Gasteiger partial charge in [0.25, 0.3) is 0 Å². The highest BCUT2D eigenvalue weighted by atomic mass is 14.6. The third-order valence-electron chi connectivity index (χ3n) is 4.06. The van der Waals surface area contributed by atoms with Crippen LogP contribution in [0.2, 0.25) is 0 Å². The lowest BCUT2D eigenvalue weighted by atomic mass is 9.83. The van der Waals surface area contributed by atoms with Crippen molar-refractivity contribution < 1.29 is 0 Å². The average Bonchev–Trinajstić information content (AvgIpc) is 2.55. The summed E-state index contributed by atoms with van der Waals surface area (Å²) in [6, 6.07) is 19.3. The highest BCUT2D eigenvalue weighted by molar-refractivity contribution is 5.87. The SMILES string of the molecule is c1ccc(-c2cncc3c2-c2ccccc2CC3)cc1. The smallest absolute Gasteiger partial charge is 0.0352 e. The van der Waals surface area contributed by atoms with Crippen LogP contribution in [0.15, 0.2) is 67.0 Å². The molecule has 0 fully saturated rings. The van der Waals surface area contributed by atoms with Gasteiger partial charge in [0.15, 0.2) is 0 Å². The summed E-state index contributed by atoms with van der Waals surface area (Å²) in [7, 11) is 0. The largest absolute Gasteiger partial charge is 0.264 e. The van der Waals surface area contributed by atoms with E-state index in [0.29, 0.717) is 0 Å². The molecular weight excluding hydrogens is 242 g/mol. The van der Waals surface area contributed by atoms with Gasteiger partial charge in [0.1, 0.15) is 0 Å². The van der Waals surface area contributed by atoms with Crippen LogP contribution in [0, 0.1) is 0 Å². The Bertz CT molecular complexity index is 760.